The highest BCUT2D eigenvalue weighted by molar-refractivity contribution is 7.17. The molecule has 0 unspecified atom stereocenters. The number of hydrogen-bond acceptors (Lipinski definition) is 7. The van der Waals surface area contributed by atoms with E-state index in [0.717, 1.165) is 0 Å². The summed E-state index contributed by atoms with van der Waals surface area (Å²) in [5, 5.41) is 15.1. The molecule has 0 bridgehead atoms. The minimum atomic E-state index is -0.513. The third-order valence-corrected chi connectivity index (χ3v) is 6.56. The standard InChI is InChI=1S/C19H21FN4O3S/c1-12-21-18-24(22-12)17(25)16(28-18)15(13-4-2-3-5-14(13)20)23-8-6-19(7-9-23)26-10-11-27-19/h2-5,15,25H,6-11H2,1H3/t15-/m1/s1. The first kappa shape index (κ1) is 18.0. The van der Waals surface area contributed by atoms with E-state index in [1.165, 1.54) is 21.9 Å². The summed E-state index contributed by atoms with van der Waals surface area (Å²) in [7, 11) is 0. The third kappa shape index (κ3) is 2.89. The van der Waals surface area contributed by atoms with Crippen molar-refractivity contribution in [3.63, 3.8) is 0 Å². The van der Waals surface area contributed by atoms with Gasteiger partial charge in [0.15, 0.2) is 5.79 Å². The van der Waals surface area contributed by atoms with E-state index >= 15 is 0 Å². The molecule has 3 aromatic rings. The Kier molecular flexibility index (Phi) is 4.35. The first-order valence-electron chi connectivity index (χ1n) is 9.38. The number of aromatic nitrogens is 3. The van der Waals surface area contributed by atoms with Crippen molar-refractivity contribution in [1.82, 2.24) is 19.5 Å². The number of ether oxygens (including phenoxy) is 2. The molecule has 148 valence electrons. The Morgan fingerprint density at radius 3 is 2.61 bits per heavy atom. The zero-order valence-electron chi connectivity index (χ0n) is 15.5. The molecule has 4 heterocycles. The maximum absolute atomic E-state index is 14.8. The van der Waals surface area contributed by atoms with Crippen LogP contribution >= 0.6 is 11.3 Å². The van der Waals surface area contributed by atoms with E-state index in [-0.39, 0.29) is 11.7 Å². The fourth-order valence-electron chi connectivity index (χ4n) is 4.14. The van der Waals surface area contributed by atoms with Gasteiger partial charge in [-0.15, -0.1) is 5.10 Å². The second-order valence-electron chi connectivity index (χ2n) is 7.21. The average Bonchev–Trinajstić information content (AvgIpc) is 3.36. The molecule has 2 fully saturated rings. The molecule has 7 nitrogen and oxygen atoms in total. The van der Waals surface area contributed by atoms with Crippen molar-refractivity contribution in [2.24, 2.45) is 0 Å². The summed E-state index contributed by atoms with van der Waals surface area (Å²) in [6.45, 7) is 4.35. The molecule has 2 aliphatic rings. The van der Waals surface area contributed by atoms with Gasteiger partial charge >= 0.3 is 0 Å². The maximum atomic E-state index is 14.8. The Bertz CT molecular complexity index is 1000. The molecule has 2 saturated heterocycles. The molecule has 5 rings (SSSR count). The lowest BCUT2D eigenvalue weighted by Gasteiger charge is -2.41. The van der Waals surface area contributed by atoms with Crippen molar-refractivity contribution in [2.45, 2.75) is 31.6 Å². The monoisotopic (exact) mass is 404 g/mol. The summed E-state index contributed by atoms with van der Waals surface area (Å²) < 4.78 is 27.8. The third-order valence-electron chi connectivity index (χ3n) is 5.49. The van der Waals surface area contributed by atoms with Crippen LogP contribution in [0.2, 0.25) is 0 Å². The Hall–Kier alpha value is -2.07. The van der Waals surface area contributed by atoms with E-state index < -0.39 is 11.8 Å². The lowest BCUT2D eigenvalue weighted by atomic mass is 9.97. The van der Waals surface area contributed by atoms with Gasteiger partial charge in [0, 0.05) is 31.5 Å². The molecule has 9 heteroatoms. The Balaban J connectivity index is 1.55. The van der Waals surface area contributed by atoms with E-state index in [1.54, 1.807) is 19.1 Å². The quantitative estimate of drug-likeness (QED) is 0.724. The van der Waals surface area contributed by atoms with Crippen molar-refractivity contribution in [1.29, 1.82) is 0 Å². The highest BCUT2D eigenvalue weighted by Crippen LogP contribution is 2.43. The van der Waals surface area contributed by atoms with Gasteiger partial charge in [-0.05, 0) is 13.0 Å². The molecule has 0 radical (unpaired) electrons. The van der Waals surface area contributed by atoms with Gasteiger partial charge in [-0.1, -0.05) is 29.5 Å². The van der Waals surface area contributed by atoms with Crippen LogP contribution in [0, 0.1) is 12.7 Å². The molecule has 2 aliphatic heterocycles. The van der Waals surface area contributed by atoms with E-state index in [9.17, 15) is 9.50 Å². The molecule has 0 amide bonds. The molecule has 0 saturated carbocycles. The smallest absolute Gasteiger partial charge is 0.230 e. The number of hydrogen-bond donors (Lipinski definition) is 1. The SMILES string of the molecule is Cc1nc2sc([C@@H](c3ccccc3F)N3CCC4(CC3)OCCO4)c(O)n2n1. The molecule has 28 heavy (non-hydrogen) atoms. The van der Waals surface area contributed by atoms with Crippen LogP contribution in [0.3, 0.4) is 0 Å². The number of rotatable bonds is 3. The summed E-state index contributed by atoms with van der Waals surface area (Å²) in [4.78, 5) is 7.77. The fraction of sp³-hybridized carbons (Fsp3) is 0.474. The second kappa shape index (κ2) is 6.77. The Morgan fingerprint density at radius 2 is 1.93 bits per heavy atom. The first-order valence-corrected chi connectivity index (χ1v) is 10.2. The van der Waals surface area contributed by atoms with Crippen LogP contribution in [-0.4, -0.2) is 56.7 Å². The van der Waals surface area contributed by atoms with Crippen LogP contribution in [-0.2, 0) is 9.47 Å². The van der Waals surface area contributed by atoms with Gasteiger partial charge in [0.05, 0.1) is 24.1 Å². The molecular weight excluding hydrogens is 383 g/mol. The van der Waals surface area contributed by atoms with E-state index in [4.69, 9.17) is 9.47 Å². The van der Waals surface area contributed by atoms with Crippen LogP contribution in [0.4, 0.5) is 4.39 Å². The van der Waals surface area contributed by atoms with Gasteiger partial charge in [0.25, 0.3) is 0 Å². The highest BCUT2D eigenvalue weighted by atomic mass is 32.1. The Labute approximate surface area is 165 Å². The van der Waals surface area contributed by atoms with E-state index in [1.807, 2.05) is 6.07 Å². The minimum Gasteiger partial charge on any atom is -0.492 e. The summed E-state index contributed by atoms with van der Waals surface area (Å²) >= 11 is 1.34. The molecule has 0 aliphatic carbocycles. The highest BCUT2D eigenvalue weighted by Gasteiger charge is 2.42. The number of thiazole rings is 1. The topological polar surface area (TPSA) is 72.1 Å². The summed E-state index contributed by atoms with van der Waals surface area (Å²) in [6.07, 6.45) is 1.41. The molecule has 1 spiro atoms. The number of piperidine rings is 1. The van der Waals surface area contributed by atoms with Crippen molar-refractivity contribution in [3.8, 4) is 5.88 Å². The lowest BCUT2D eigenvalue weighted by Crippen LogP contribution is -2.46. The van der Waals surface area contributed by atoms with Crippen molar-refractivity contribution in [3.05, 3.63) is 46.3 Å². The van der Waals surface area contributed by atoms with Gasteiger partial charge in [-0.2, -0.15) is 4.52 Å². The number of likely N-dealkylation sites (tertiary alicyclic amines) is 1. The summed E-state index contributed by atoms with van der Waals surface area (Å²) in [5.41, 5.74) is 0.531. The number of aryl methyl sites for hydroxylation is 1. The largest absolute Gasteiger partial charge is 0.492 e. The van der Waals surface area contributed by atoms with Crippen LogP contribution < -0.4 is 0 Å². The number of aromatic hydroxyl groups is 1. The van der Waals surface area contributed by atoms with Gasteiger partial charge in [-0.3, -0.25) is 4.90 Å². The lowest BCUT2D eigenvalue weighted by molar-refractivity contribution is -0.187. The van der Waals surface area contributed by atoms with Crippen LogP contribution in [0.25, 0.3) is 4.96 Å². The van der Waals surface area contributed by atoms with Crippen LogP contribution in [0.1, 0.15) is 35.1 Å². The number of benzene rings is 1. The molecule has 1 atom stereocenters. The molecule has 2 aromatic heterocycles. The van der Waals surface area contributed by atoms with Gasteiger partial charge < -0.3 is 14.6 Å². The zero-order valence-corrected chi connectivity index (χ0v) is 16.3. The maximum Gasteiger partial charge on any atom is 0.230 e. The summed E-state index contributed by atoms with van der Waals surface area (Å²) in [5.74, 6) is -0.203. The fourth-order valence-corrected chi connectivity index (χ4v) is 5.29. The van der Waals surface area contributed by atoms with Gasteiger partial charge in [0.2, 0.25) is 10.8 Å². The normalized spacial score (nSPS) is 20.9. The van der Waals surface area contributed by atoms with Gasteiger partial charge in [0.1, 0.15) is 11.6 Å². The minimum absolute atomic E-state index is 0.0162. The predicted octanol–water partition coefficient (Wildman–Crippen LogP) is 2.87. The first-order chi connectivity index (χ1) is 13.6. The second-order valence-corrected chi connectivity index (χ2v) is 8.22. The molecule has 1 N–H and O–H groups in total. The Morgan fingerprint density at radius 1 is 1.21 bits per heavy atom. The van der Waals surface area contributed by atoms with Gasteiger partial charge in [-0.25, -0.2) is 9.37 Å². The number of fused-ring (bicyclic) bond motifs is 1. The number of halogens is 1. The number of nitrogens with zero attached hydrogens (tertiary/aromatic N) is 4. The van der Waals surface area contributed by atoms with Crippen molar-refractivity contribution in [2.75, 3.05) is 26.3 Å². The zero-order chi connectivity index (χ0) is 19.3. The molecular formula is C19H21FN4O3S. The van der Waals surface area contributed by atoms with Crippen LogP contribution in [0.15, 0.2) is 24.3 Å². The molecule has 1 aromatic carbocycles. The summed E-state index contributed by atoms with van der Waals surface area (Å²) in [6, 6.07) is 6.29. The van der Waals surface area contributed by atoms with Crippen molar-refractivity contribution < 1.29 is 19.0 Å². The van der Waals surface area contributed by atoms with Crippen molar-refractivity contribution >= 4 is 16.3 Å². The predicted molar refractivity (Wildman–Crippen MR) is 101 cm³/mol. The van der Waals surface area contributed by atoms with E-state index in [0.29, 0.717) is 60.4 Å². The van der Waals surface area contributed by atoms with Crippen LogP contribution in [0.5, 0.6) is 5.88 Å². The average molecular weight is 404 g/mol. The van der Waals surface area contributed by atoms with E-state index in [2.05, 4.69) is 15.0 Å².